The number of hydrogen-bond acceptors (Lipinski definition) is 3. The largest absolute Gasteiger partial charge is 0.372 e. The predicted octanol–water partition coefficient (Wildman–Crippen LogP) is 3.83. The first-order chi connectivity index (χ1) is 14.3. The van der Waals surface area contributed by atoms with Gasteiger partial charge in [-0.3, -0.25) is 14.5 Å². The lowest BCUT2D eigenvalue weighted by Crippen LogP contribution is -2.44. The van der Waals surface area contributed by atoms with Gasteiger partial charge in [0.2, 0.25) is 5.91 Å². The van der Waals surface area contributed by atoms with Gasteiger partial charge in [0, 0.05) is 11.3 Å². The van der Waals surface area contributed by atoms with Crippen molar-refractivity contribution in [2.75, 3.05) is 16.8 Å². The molecule has 0 radical (unpaired) electrons. The van der Waals surface area contributed by atoms with Crippen molar-refractivity contribution in [3.8, 4) is 0 Å². The number of aryl methyl sites for hydroxylation is 2. The summed E-state index contributed by atoms with van der Waals surface area (Å²) in [4.78, 5) is 27.5. The van der Waals surface area contributed by atoms with Gasteiger partial charge in [-0.25, -0.2) is 0 Å². The highest BCUT2D eigenvalue weighted by Gasteiger charge is 2.51. The zero-order valence-electron chi connectivity index (χ0n) is 17.3. The van der Waals surface area contributed by atoms with Crippen LogP contribution < -0.4 is 10.2 Å². The number of benzene rings is 3. The maximum atomic E-state index is 13.4. The molecule has 1 aliphatic rings. The molecule has 0 fully saturated rings. The van der Waals surface area contributed by atoms with E-state index >= 15 is 0 Å². The zero-order chi connectivity index (χ0) is 21.5. The lowest BCUT2D eigenvalue weighted by molar-refractivity contribution is -0.133. The molecule has 0 saturated heterocycles. The summed E-state index contributed by atoms with van der Waals surface area (Å²) in [5.74, 6) is -0.844. The maximum Gasteiger partial charge on any atom is 0.268 e. The van der Waals surface area contributed by atoms with Crippen LogP contribution in [0.3, 0.4) is 0 Å². The summed E-state index contributed by atoms with van der Waals surface area (Å²) in [6, 6.07) is 20.0. The predicted molar refractivity (Wildman–Crippen MR) is 118 cm³/mol. The average molecular weight is 400 g/mol. The first-order valence-electron chi connectivity index (χ1n) is 9.89. The topological polar surface area (TPSA) is 69.6 Å². The molecule has 0 aromatic heterocycles. The Morgan fingerprint density at radius 3 is 2.40 bits per heavy atom. The molecule has 0 unspecified atom stereocenters. The number of amides is 2. The number of fused-ring (bicyclic) bond motifs is 1. The molecule has 0 bridgehead atoms. The van der Waals surface area contributed by atoms with Crippen LogP contribution in [0, 0.1) is 20.8 Å². The molecule has 0 saturated carbocycles. The Kier molecular flexibility index (Phi) is 4.92. The molecular formula is C25H24N2O3. The van der Waals surface area contributed by atoms with Crippen LogP contribution in [-0.2, 0) is 15.2 Å². The normalized spacial score (nSPS) is 17.7. The Morgan fingerprint density at radius 1 is 0.967 bits per heavy atom. The second-order valence-corrected chi connectivity index (χ2v) is 7.78. The summed E-state index contributed by atoms with van der Waals surface area (Å²) in [5, 5.41) is 14.4. The molecule has 3 aromatic rings. The van der Waals surface area contributed by atoms with E-state index in [2.05, 4.69) is 5.32 Å². The highest BCUT2D eigenvalue weighted by atomic mass is 16.3. The Bertz CT molecular complexity index is 1140. The molecule has 2 amide bonds. The van der Waals surface area contributed by atoms with Gasteiger partial charge in [-0.15, -0.1) is 0 Å². The summed E-state index contributed by atoms with van der Waals surface area (Å²) < 4.78 is 0. The van der Waals surface area contributed by atoms with Crippen molar-refractivity contribution < 1.29 is 14.7 Å². The number of nitrogens with one attached hydrogen (secondary N) is 1. The van der Waals surface area contributed by atoms with Gasteiger partial charge in [0.25, 0.3) is 5.91 Å². The lowest BCUT2D eigenvalue weighted by Gasteiger charge is -2.24. The Morgan fingerprint density at radius 2 is 1.67 bits per heavy atom. The van der Waals surface area contributed by atoms with Crippen molar-refractivity contribution in [1.29, 1.82) is 0 Å². The minimum Gasteiger partial charge on any atom is -0.372 e. The molecule has 1 atom stereocenters. The lowest BCUT2D eigenvalue weighted by atomic mass is 9.87. The molecule has 1 aliphatic heterocycles. The highest BCUT2D eigenvalue weighted by Crippen LogP contribution is 2.44. The van der Waals surface area contributed by atoms with Crippen molar-refractivity contribution in [2.24, 2.45) is 0 Å². The smallest absolute Gasteiger partial charge is 0.268 e. The number of rotatable bonds is 4. The van der Waals surface area contributed by atoms with Gasteiger partial charge >= 0.3 is 0 Å². The van der Waals surface area contributed by atoms with Crippen LogP contribution in [0.1, 0.15) is 27.8 Å². The van der Waals surface area contributed by atoms with Crippen LogP contribution in [0.5, 0.6) is 0 Å². The third-order valence-corrected chi connectivity index (χ3v) is 5.79. The number of para-hydroxylation sites is 1. The molecule has 152 valence electrons. The van der Waals surface area contributed by atoms with E-state index in [-0.39, 0.29) is 12.5 Å². The number of anilines is 2. The van der Waals surface area contributed by atoms with E-state index in [1.165, 1.54) is 4.90 Å². The highest BCUT2D eigenvalue weighted by molar-refractivity contribution is 6.12. The number of aliphatic hydroxyl groups is 1. The van der Waals surface area contributed by atoms with Crippen LogP contribution >= 0.6 is 0 Å². The Hall–Kier alpha value is -3.44. The molecular weight excluding hydrogens is 376 g/mol. The molecule has 2 N–H and O–H groups in total. The van der Waals surface area contributed by atoms with Gasteiger partial charge in [0.15, 0.2) is 5.60 Å². The SMILES string of the molecule is Cc1ccc([C@@]2(O)C(=O)N(CC(=O)Nc3cccc(C)c3C)c3ccccc32)cc1. The number of carbonyl (C=O) groups excluding carboxylic acids is 2. The first kappa shape index (κ1) is 19.9. The van der Waals surface area contributed by atoms with E-state index in [9.17, 15) is 14.7 Å². The van der Waals surface area contributed by atoms with E-state index in [0.717, 1.165) is 16.7 Å². The fraction of sp³-hybridized carbons (Fsp3) is 0.200. The van der Waals surface area contributed by atoms with E-state index in [1.54, 1.807) is 36.4 Å². The summed E-state index contributed by atoms with van der Waals surface area (Å²) in [6.45, 7) is 5.68. The summed E-state index contributed by atoms with van der Waals surface area (Å²) >= 11 is 0. The van der Waals surface area contributed by atoms with Crippen molar-refractivity contribution in [2.45, 2.75) is 26.4 Å². The third-order valence-electron chi connectivity index (χ3n) is 5.79. The molecule has 1 heterocycles. The summed E-state index contributed by atoms with van der Waals surface area (Å²) in [6.07, 6.45) is 0. The number of nitrogens with zero attached hydrogens (tertiary/aromatic N) is 1. The minimum atomic E-state index is -1.82. The van der Waals surface area contributed by atoms with E-state index in [0.29, 0.717) is 22.5 Å². The van der Waals surface area contributed by atoms with E-state index in [4.69, 9.17) is 0 Å². The standard InChI is InChI=1S/C25H24N2O3/c1-16-11-13-19(14-12-16)25(30)20-8-4-5-10-22(20)27(24(25)29)15-23(28)26-21-9-6-7-17(2)18(21)3/h4-14,30H,15H2,1-3H3,(H,26,28)/t25-/m0/s1. The molecule has 0 aliphatic carbocycles. The summed E-state index contributed by atoms with van der Waals surface area (Å²) in [5.41, 5.74) is 3.51. The van der Waals surface area contributed by atoms with Gasteiger partial charge in [0.1, 0.15) is 6.54 Å². The number of hydrogen-bond donors (Lipinski definition) is 2. The summed E-state index contributed by atoms with van der Waals surface area (Å²) in [7, 11) is 0. The van der Waals surface area contributed by atoms with E-state index in [1.807, 2.05) is 51.1 Å². The molecule has 3 aromatic carbocycles. The zero-order valence-corrected chi connectivity index (χ0v) is 17.3. The maximum absolute atomic E-state index is 13.4. The van der Waals surface area contributed by atoms with Crippen LogP contribution in [0.25, 0.3) is 0 Å². The second kappa shape index (κ2) is 7.43. The molecule has 4 rings (SSSR count). The Balaban J connectivity index is 1.66. The van der Waals surface area contributed by atoms with E-state index < -0.39 is 11.5 Å². The van der Waals surface area contributed by atoms with Crippen molar-refractivity contribution in [3.05, 3.63) is 94.5 Å². The fourth-order valence-electron chi connectivity index (χ4n) is 3.89. The molecule has 30 heavy (non-hydrogen) atoms. The van der Waals surface area contributed by atoms with Gasteiger partial charge in [0.05, 0.1) is 5.69 Å². The number of carbonyl (C=O) groups is 2. The third kappa shape index (κ3) is 3.17. The molecule has 0 spiro atoms. The van der Waals surface area contributed by atoms with Gasteiger partial charge < -0.3 is 10.4 Å². The molecule has 5 nitrogen and oxygen atoms in total. The fourth-order valence-corrected chi connectivity index (χ4v) is 3.89. The second-order valence-electron chi connectivity index (χ2n) is 7.78. The average Bonchev–Trinajstić information content (AvgIpc) is 2.95. The van der Waals surface area contributed by atoms with Gasteiger partial charge in [-0.05, 0) is 49.6 Å². The first-order valence-corrected chi connectivity index (χ1v) is 9.89. The quantitative estimate of drug-likeness (QED) is 0.699. The van der Waals surface area contributed by atoms with Crippen LogP contribution in [0.15, 0.2) is 66.7 Å². The van der Waals surface area contributed by atoms with Crippen molar-refractivity contribution in [1.82, 2.24) is 0 Å². The van der Waals surface area contributed by atoms with Crippen LogP contribution in [0.2, 0.25) is 0 Å². The van der Waals surface area contributed by atoms with Crippen molar-refractivity contribution >= 4 is 23.2 Å². The van der Waals surface area contributed by atoms with Crippen LogP contribution in [-0.4, -0.2) is 23.5 Å². The van der Waals surface area contributed by atoms with Crippen LogP contribution in [0.4, 0.5) is 11.4 Å². The van der Waals surface area contributed by atoms with Crippen molar-refractivity contribution in [3.63, 3.8) is 0 Å². The van der Waals surface area contributed by atoms with Gasteiger partial charge in [-0.1, -0.05) is 60.2 Å². The minimum absolute atomic E-state index is 0.183. The Labute approximate surface area is 176 Å². The monoisotopic (exact) mass is 400 g/mol. The molecule has 5 heteroatoms. The van der Waals surface area contributed by atoms with Gasteiger partial charge in [-0.2, -0.15) is 0 Å².